The Morgan fingerprint density at radius 1 is 1.37 bits per heavy atom. The van der Waals surface area contributed by atoms with Crippen molar-refractivity contribution in [1.29, 1.82) is 0 Å². The zero-order valence-electron chi connectivity index (χ0n) is 12.6. The van der Waals surface area contributed by atoms with Crippen LogP contribution in [0, 0.1) is 11.8 Å². The molecule has 2 unspecified atom stereocenters. The highest BCUT2D eigenvalue weighted by atomic mass is 16.4. The minimum absolute atomic E-state index is 0.0216. The molecule has 0 aromatic rings. The molecule has 19 heavy (non-hydrogen) atoms. The Hall–Kier alpha value is -1.10. The first kappa shape index (κ1) is 16.0. The Morgan fingerprint density at radius 3 is 2.32 bits per heavy atom. The maximum atomic E-state index is 12.1. The van der Waals surface area contributed by atoms with E-state index in [0.29, 0.717) is 13.1 Å². The lowest BCUT2D eigenvalue weighted by molar-refractivity contribution is -0.146. The van der Waals surface area contributed by atoms with Crippen LogP contribution < -0.4 is 5.32 Å². The van der Waals surface area contributed by atoms with Crippen LogP contribution in [0.1, 0.15) is 41.0 Å². The third kappa shape index (κ3) is 3.93. The fraction of sp³-hybridized carbons (Fsp3) is 0.857. The summed E-state index contributed by atoms with van der Waals surface area (Å²) in [7, 11) is 0. The van der Waals surface area contributed by atoms with Crippen molar-refractivity contribution in [2.24, 2.45) is 11.8 Å². The highest BCUT2D eigenvalue weighted by molar-refractivity contribution is 5.82. The molecule has 0 aliphatic carbocycles. The maximum absolute atomic E-state index is 12.1. The molecule has 0 aromatic carbocycles. The Balaban J connectivity index is 2.43. The summed E-state index contributed by atoms with van der Waals surface area (Å²) in [5.74, 6) is -0.910. The molecule has 5 heteroatoms. The van der Waals surface area contributed by atoms with Gasteiger partial charge in [0.1, 0.15) is 0 Å². The minimum atomic E-state index is -0.756. The number of carboxylic acid groups (broad SMARTS) is 1. The molecule has 1 heterocycles. The van der Waals surface area contributed by atoms with Crippen LogP contribution in [0.25, 0.3) is 0 Å². The average molecular weight is 270 g/mol. The quantitative estimate of drug-likeness (QED) is 0.764. The van der Waals surface area contributed by atoms with E-state index in [9.17, 15) is 9.59 Å². The highest BCUT2D eigenvalue weighted by Gasteiger charge is 2.39. The monoisotopic (exact) mass is 270 g/mol. The van der Waals surface area contributed by atoms with E-state index in [2.05, 4.69) is 5.32 Å². The van der Waals surface area contributed by atoms with Gasteiger partial charge in [0.05, 0.1) is 12.0 Å². The van der Waals surface area contributed by atoms with Crippen LogP contribution in [-0.4, -0.2) is 46.6 Å². The molecule has 1 saturated heterocycles. The SMILES string of the molecule is CCC(C)(C)NC(=O)C(C)N1CC(C(C)C(=O)O)C1. The predicted octanol–water partition coefficient (Wildman–Crippen LogP) is 1.33. The van der Waals surface area contributed by atoms with Crippen molar-refractivity contribution in [3.05, 3.63) is 0 Å². The van der Waals surface area contributed by atoms with Crippen LogP contribution >= 0.6 is 0 Å². The van der Waals surface area contributed by atoms with E-state index in [4.69, 9.17) is 5.11 Å². The molecule has 2 N–H and O–H groups in total. The molecule has 0 saturated carbocycles. The Labute approximate surface area is 115 Å². The molecule has 1 amide bonds. The summed E-state index contributed by atoms with van der Waals surface area (Å²) in [5, 5.41) is 12.0. The normalized spacial score (nSPS) is 20.5. The van der Waals surface area contributed by atoms with E-state index >= 15 is 0 Å². The van der Waals surface area contributed by atoms with Crippen molar-refractivity contribution in [2.45, 2.75) is 52.6 Å². The van der Waals surface area contributed by atoms with Crippen LogP contribution in [0.15, 0.2) is 0 Å². The Kier molecular flexibility index (Phi) is 4.96. The van der Waals surface area contributed by atoms with E-state index in [0.717, 1.165) is 6.42 Å². The van der Waals surface area contributed by atoms with Gasteiger partial charge in [0.15, 0.2) is 0 Å². The number of aliphatic carboxylic acids is 1. The fourth-order valence-corrected chi connectivity index (χ4v) is 2.08. The fourth-order valence-electron chi connectivity index (χ4n) is 2.08. The molecule has 0 spiro atoms. The average Bonchev–Trinajstić information content (AvgIpc) is 2.25. The van der Waals surface area contributed by atoms with Gasteiger partial charge in [0.2, 0.25) is 5.91 Å². The lowest BCUT2D eigenvalue weighted by Gasteiger charge is -2.44. The molecule has 0 radical (unpaired) electrons. The first-order valence-corrected chi connectivity index (χ1v) is 6.97. The van der Waals surface area contributed by atoms with Gasteiger partial charge in [-0.05, 0) is 33.1 Å². The van der Waals surface area contributed by atoms with Crippen molar-refractivity contribution in [3.8, 4) is 0 Å². The van der Waals surface area contributed by atoms with E-state index in [1.807, 2.05) is 32.6 Å². The van der Waals surface area contributed by atoms with Gasteiger partial charge in [-0.1, -0.05) is 13.8 Å². The van der Waals surface area contributed by atoms with Gasteiger partial charge in [-0.3, -0.25) is 14.5 Å². The number of amides is 1. The van der Waals surface area contributed by atoms with Gasteiger partial charge in [0, 0.05) is 18.6 Å². The summed E-state index contributed by atoms with van der Waals surface area (Å²) in [4.78, 5) is 25.0. The van der Waals surface area contributed by atoms with Gasteiger partial charge >= 0.3 is 5.97 Å². The third-order valence-electron chi connectivity index (χ3n) is 4.31. The first-order valence-electron chi connectivity index (χ1n) is 6.97. The number of likely N-dealkylation sites (tertiary alicyclic amines) is 1. The van der Waals surface area contributed by atoms with Crippen molar-refractivity contribution < 1.29 is 14.7 Å². The number of nitrogens with one attached hydrogen (secondary N) is 1. The molecule has 0 bridgehead atoms. The molecule has 110 valence electrons. The highest BCUT2D eigenvalue weighted by Crippen LogP contribution is 2.26. The lowest BCUT2D eigenvalue weighted by Crippen LogP contribution is -2.60. The minimum Gasteiger partial charge on any atom is -0.481 e. The molecule has 2 atom stereocenters. The summed E-state index contributed by atoms with van der Waals surface area (Å²) in [6.07, 6.45) is 0.879. The summed E-state index contributed by atoms with van der Waals surface area (Å²) < 4.78 is 0. The molecule has 5 nitrogen and oxygen atoms in total. The number of carboxylic acids is 1. The summed E-state index contributed by atoms with van der Waals surface area (Å²) in [5.41, 5.74) is -0.191. The molecule has 1 rings (SSSR count). The van der Waals surface area contributed by atoms with Crippen molar-refractivity contribution in [3.63, 3.8) is 0 Å². The predicted molar refractivity (Wildman–Crippen MR) is 73.8 cm³/mol. The van der Waals surface area contributed by atoms with Crippen LogP contribution in [0.5, 0.6) is 0 Å². The van der Waals surface area contributed by atoms with Gasteiger partial charge < -0.3 is 10.4 Å². The third-order valence-corrected chi connectivity index (χ3v) is 4.31. The molecular formula is C14H26N2O3. The lowest BCUT2D eigenvalue weighted by atomic mass is 9.86. The van der Waals surface area contributed by atoms with Gasteiger partial charge in [-0.25, -0.2) is 0 Å². The zero-order chi connectivity index (χ0) is 14.8. The number of hydrogen-bond donors (Lipinski definition) is 2. The van der Waals surface area contributed by atoms with E-state index in [1.54, 1.807) is 6.92 Å². The van der Waals surface area contributed by atoms with E-state index < -0.39 is 5.97 Å². The molecular weight excluding hydrogens is 244 g/mol. The summed E-state index contributed by atoms with van der Waals surface area (Å²) in [6, 6.07) is -0.192. The van der Waals surface area contributed by atoms with Crippen LogP contribution in [0.4, 0.5) is 0 Å². The number of nitrogens with zero attached hydrogens (tertiary/aromatic N) is 1. The number of carbonyl (C=O) groups excluding carboxylic acids is 1. The number of rotatable bonds is 6. The van der Waals surface area contributed by atoms with Crippen LogP contribution in [0.3, 0.4) is 0 Å². The molecule has 1 aliphatic heterocycles. The van der Waals surface area contributed by atoms with Crippen molar-refractivity contribution in [2.75, 3.05) is 13.1 Å². The van der Waals surface area contributed by atoms with E-state index in [1.165, 1.54) is 0 Å². The molecule has 1 fully saturated rings. The Morgan fingerprint density at radius 2 is 1.89 bits per heavy atom. The van der Waals surface area contributed by atoms with E-state index in [-0.39, 0.29) is 29.3 Å². The number of carbonyl (C=O) groups is 2. The maximum Gasteiger partial charge on any atom is 0.306 e. The second-order valence-corrected chi connectivity index (χ2v) is 6.24. The van der Waals surface area contributed by atoms with Crippen LogP contribution in [0.2, 0.25) is 0 Å². The second-order valence-electron chi connectivity index (χ2n) is 6.24. The Bertz CT molecular complexity index is 349. The molecule has 1 aliphatic rings. The van der Waals surface area contributed by atoms with Gasteiger partial charge in [-0.2, -0.15) is 0 Å². The standard InChI is InChI=1S/C14H26N2O3/c1-6-14(4,5)15-12(17)10(3)16-7-11(8-16)9(2)13(18)19/h9-11H,6-8H2,1-5H3,(H,15,17)(H,18,19). The smallest absolute Gasteiger partial charge is 0.306 e. The van der Waals surface area contributed by atoms with Gasteiger partial charge in [0.25, 0.3) is 0 Å². The zero-order valence-corrected chi connectivity index (χ0v) is 12.6. The summed E-state index contributed by atoms with van der Waals surface area (Å²) in [6.45, 7) is 11.0. The van der Waals surface area contributed by atoms with Crippen molar-refractivity contribution >= 4 is 11.9 Å². The first-order chi connectivity index (χ1) is 8.68. The second kappa shape index (κ2) is 5.90. The summed E-state index contributed by atoms with van der Waals surface area (Å²) >= 11 is 0. The molecule has 0 aromatic heterocycles. The van der Waals surface area contributed by atoms with Crippen molar-refractivity contribution in [1.82, 2.24) is 10.2 Å². The number of hydrogen-bond acceptors (Lipinski definition) is 3. The van der Waals surface area contributed by atoms with Crippen LogP contribution in [-0.2, 0) is 9.59 Å². The van der Waals surface area contributed by atoms with Gasteiger partial charge in [-0.15, -0.1) is 0 Å². The largest absolute Gasteiger partial charge is 0.481 e. The topological polar surface area (TPSA) is 69.6 Å².